The molecule has 0 aromatic rings. The summed E-state index contributed by atoms with van der Waals surface area (Å²) in [7, 11) is 0. The van der Waals surface area contributed by atoms with Gasteiger partial charge < -0.3 is 5.11 Å². The Morgan fingerprint density at radius 1 is 0.917 bits per heavy atom. The lowest BCUT2D eigenvalue weighted by molar-refractivity contribution is -0.0101. The molecular formula is C11H24O. The maximum Gasteiger partial charge on any atom is 0.0647 e. The van der Waals surface area contributed by atoms with Crippen molar-refractivity contribution in [1.29, 1.82) is 0 Å². The van der Waals surface area contributed by atoms with Crippen LogP contribution in [0.3, 0.4) is 0 Å². The molecule has 0 aliphatic rings. The van der Waals surface area contributed by atoms with Crippen molar-refractivity contribution in [3.05, 3.63) is 0 Å². The van der Waals surface area contributed by atoms with Gasteiger partial charge in [-0.15, -0.1) is 0 Å². The van der Waals surface area contributed by atoms with Gasteiger partial charge in [-0.3, -0.25) is 0 Å². The van der Waals surface area contributed by atoms with Crippen LogP contribution in [-0.4, -0.2) is 10.7 Å². The molecule has 1 nitrogen and oxygen atoms in total. The molecule has 0 rings (SSSR count). The first kappa shape index (κ1) is 12.0. The Morgan fingerprint density at radius 2 is 1.33 bits per heavy atom. The molecule has 12 heavy (non-hydrogen) atoms. The average Bonchev–Trinajstić information content (AvgIpc) is 2.04. The van der Waals surface area contributed by atoms with Gasteiger partial charge in [-0.2, -0.15) is 0 Å². The van der Waals surface area contributed by atoms with Crippen LogP contribution in [0.2, 0.25) is 0 Å². The maximum absolute atomic E-state index is 10.1. The standard InChI is InChI=1S/C11H24O/c1-6-10(4,5)9-11(12,7-2)8-3/h12H,6-9H2,1-5H3. The number of hydrogen-bond acceptors (Lipinski definition) is 1. The molecular weight excluding hydrogens is 148 g/mol. The quantitative estimate of drug-likeness (QED) is 0.674. The van der Waals surface area contributed by atoms with Crippen molar-refractivity contribution in [2.45, 2.75) is 65.9 Å². The van der Waals surface area contributed by atoms with E-state index in [9.17, 15) is 5.11 Å². The summed E-state index contributed by atoms with van der Waals surface area (Å²) in [5.74, 6) is 0. The fraction of sp³-hybridized carbons (Fsp3) is 1.00. The zero-order chi connectivity index (χ0) is 9.83. The minimum atomic E-state index is -0.431. The van der Waals surface area contributed by atoms with E-state index in [1.807, 2.05) is 0 Å². The molecule has 74 valence electrons. The van der Waals surface area contributed by atoms with Gasteiger partial charge in [0, 0.05) is 0 Å². The second-order valence-electron chi connectivity index (χ2n) is 4.63. The third-order valence-electron chi connectivity index (χ3n) is 3.08. The van der Waals surface area contributed by atoms with E-state index in [2.05, 4.69) is 34.6 Å². The third-order valence-corrected chi connectivity index (χ3v) is 3.08. The highest BCUT2D eigenvalue weighted by Gasteiger charge is 2.30. The van der Waals surface area contributed by atoms with Crippen molar-refractivity contribution in [1.82, 2.24) is 0 Å². The maximum atomic E-state index is 10.1. The molecule has 0 aromatic carbocycles. The monoisotopic (exact) mass is 172 g/mol. The molecule has 0 radical (unpaired) electrons. The van der Waals surface area contributed by atoms with Crippen LogP contribution in [0.25, 0.3) is 0 Å². The van der Waals surface area contributed by atoms with Crippen LogP contribution in [0.15, 0.2) is 0 Å². The van der Waals surface area contributed by atoms with Crippen molar-refractivity contribution < 1.29 is 5.11 Å². The number of hydrogen-bond donors (Lipinski definition) is 1. The van der Waals surface area contributed by atoms with Crippen LogP contribution in [-0.2, 0) is 0 Å². The molecule has 0 unspecified atom stereocenters. The van der Waals surface area contributed by atoms with Gasteiger partial charge in [0.25, 0.3) is 0 Å². The van der Waals surface area contributed by atoms with Crippen molar-refractivity contribution in [3.8, 4) is 0 Å². The van der Waals surface area contributed by atoms with E-state index in [-0.39, 0.29) is 5.41 Å². The topological polar surface area (TPSA) is 20.2 Å². The minimum absolute atomic E-state index is 0.279. The Bertz CT molecular complexity index is 123. The highest BCUT2D eigenvalue weighted by atomic mass is 16.3. The van der Waals surface area contributed by atoms with Gasteiger partial charge in [-0.05, 0) is 24.7 Å². The fourth-order valence-electron chi connectivity index (χ4n) is 1.52. The van der Waals surface area contributed by atoms with Gasteiger partial charge in [0.1, 0.15) is 0 Å². The molecule has 0 atom stereocenters. The second kappa shape index (κ2) is 4.27. The van der Waals surface area contributed by atoms with Gasteiger partial charge in [0.05, 0.1) is 5.60 Å². The molecule has 0 heterocycles. The van der Waals surface area contributed by atoms with E-state index in [1.165, 1.54) is 0 Å². The van der Waals surface area contributed by atoms with E-state index in [1.54, 1.807) is 0 Å². The van der Waals surface area contributed by atoms with Crippen molar-refractivity contribution in [3.63, 3.8) is 0 Å². The molecule has 0 aliphatic carbocycles. The molecule has 0 aliphatic heterocycles. The first-order chi connectivity index (χ1) is 5.39. The van der Waals surface area contributed by atoms with Crippen molar-refractivity contribution >= 4 is 0 Å². The molecule has 1 N–H and O–H groups in total. The summed E-state index contributed by atoms with van der Waals surface area (Å²) >= 11 is 0. The van der Waals surface area contributed by atoms with Gasteiger partial charge in [0.15, 0.2) is 0 Å². The molecule has 0 fully saturated rings. The molecule has 0 amide bonds. The first-order valence-electron chi connectivity index (χ1n) is 5.11. The van der Waals surface area contributed by atoms with Gasteiger partial charge in [-0.25, -0.2) is 0 Å². The van der Waals surface area contributed by atoms with Crippen LogP contribution < -0.4 is 0 Å². The summed E-state index contributed by atoms with van der Waals surface area (Å²) in [6.45, 7) is 10.8. The van der Waals surface area contributed by atoms with Crippen LogP contribution in [0.1, 0.15) is 60.3 Å². The Balaban J connectivity index is 4.20. The lowest BCUT2D eigenvalue weighted by Gasteiger charge is -2.34. The first-order valence-corrected chi connectivity index (χ1v) is 5.11. The Kier molecular flexibility index (Phi) is 4.25. The van der Waals surface area contributed by atoms with Crippen LogP contribution >= 0.6 is 0 Å². The SMILES string of the molecule is CCC(C)(C)CC(O)(CC)CC. The number of aliphatic hydroxyl groups is 1. The summed E-state index contributed by atoms with van der Waals surface area (Å²) in [6.07, 6.45) is 3.79. The molecule has 0 bridgehead atoms. The zero-order valence-corrected chi connectivity index (χ0v) is 9.28. The minimum Gasteiger partial charge on any atom is -0.390 e. The molecule has 0 aromatic heterocycles. The van der Waals surface area contributed by atoms with Crippen LogP contribution in [0.5, 0.6) is 0 Å². The Hall–Kier alpha value is -0.0400. The van der Waals surface area contributed by atoms with E-state index in [0.717, 1.165) is 25.7 Å². The van der Waals surface area contributed by atoms with E-state index >= 15 is 0 Å². The summed E-state index contributed by atoms with van der Waals surface area (Å²) < 4.78 is 0. The normalized spacial score (nSPS) is 13.5. The van der Waals surface area contributed by atoms with E-state index in [0.29, 0.717) is 0 Å². The Labute approximate surface area is 77.2 Å². The fourth-order valence-corrected chi connectivity index (χ4v) is 1.52. The van der Waals surface area contributed by atoms with Crippen molar-refractivity contribution in [2.24, 2.45) is 5.41 Å². The van der Waals surface area contributed by atoms with E-state index < -0.39 is 5.60 Å². The van der Waals surface area contributed by atoms with Gasteiger partial charge >= 0.3 is 0 Å². The highest BCUT2D eigenvalue weighted by Crippen LogP contribution is 2.34. The van der Waals surface area contributed by atoms with Gasteiger partial charge in [0.2, 0.25) is 0 Å². The largest absolute Gasteiger partial charge is 0.390 e. The third kappa shape index (κ3) is 3.57. The predicted molar refractivity (Wildman–Crippen MR) is 54.2 cm³/mol. The molecule has 0 spiro atoms. The lowest BCUT2D eigenvalue weighted by atomic mass is 9.76. The summed E-state index contributed by atoms with van der Waals surface area (Å²) in [5, 5.41) is 10.1. The smallest absolute Gasteiger partial charge is 0.0647 e. The summed E-state index contributed by atoms with van der Waals surface area (Å²) in [4.78, 5) is 0. The summed E-state index contributed by atoms with van der Waals surface area (Å²) in [5.41, 5.74) is -0.152. The molecule has 0 saturated carbocycles. The predicted octanol–water partition coefficient (Wildman–Crippen LogP) is 3.36. The summed E-state index contributed by atoms with van der Waals surface area (Å²) in [6, 6.07) is 0. The lowest BCUT2D eigenvalue weighted by Crippen LogP contribution is -2.33. The van der Waals surface area contributed by atoms with Gasteiger partial charge in [-0.1, -0.05) is 41.0 Å². The van der Waals surface area contributed by atoms with Crippen LogP contribution in [0.4, 0.5) is 0 Å². The molecule has 1 heteroatoms. The second-order valence-corrected chi connectivity index (χ2v) is 4.63. The number of rotatable bonds is 5. The Morgan fingerprint density at radius 3 is 1.58 bits per heavy atom. The molecule has 0 saturated heterocycles. The average molecular weight is 172 g/mol. The zero-order valence-electron chi connectivity index (χ0n) is 9.28. The van der Waals surface area contributed by atoms with Crippen LogP contribution in [0, 0.1) is 5.41 Å². The van der Waals surface area contributed by atoms with Crippen molar-refractivity contribution in [2.75, 3.05) is 0 Å². The van der Waals surface area contributed by atoms with E-state index in [4.69, 9.17) is 0 Å². The highest BCUT2D eigenvalue weighted by molar-refractivity contribution is 4.82.